The molecule has 3 N–H and O–H groups in total. The summed E-state index contributed by atoms with van der Waals surface area (Å²) in [4.78, 5) is 68.9. The van der Waals surface area contributed by atoms with Crippen molar-refractivity contribution < 1.29 is 28.7 Å². The maximum Gasteiger partial charge on any atom is 0.329 e. The second-order valence-corrected chi connectivity index (χ2v) is 15.0. The van der Waals surface area contributed by atoms with Crippen LogP contribution in [0.15, 0.2) is 60.8 Å². The van der Waals surface area contributed by atoms with Crippen molar-refractivity contribution in [3.05, 3.63) is 77.5 Å². The van der Waals surface area contributed by atoms with Crippen molar-refractivity contribution >= 4 is 36.2 Å². The summed E-state index contributed by atoms with van der Waals surface area (Å²) in [6.07, 6.45) is 8.53. The van der Waals surface area contributed by atoms with Crippen LogP contribution in [0.5, 0.6) is 0 Å². The van der Waals surface area contributed by atoms with Gasteiger partial charge in [-0.25, -0.2) is 0 Å². The van der Waals surface area contributed by atoms with Crippen molar-refractivity contribution in [2.45, 2.75) is 93.5 Å². The Morgan fingerprint density at radius 1 is 1.00 bits per heavy atom. The number of nitrogens with zero attached hydrogens (tertiary/aromatic N) is 3. The fourth-order valence-electron chi connectivity index (χ4n) is 7.91. The molecule has 3 aliphatic heterocycles. The van der Waals surface area contributed by atoms with Crippen LogP contribution < -0.4 is 5.32 Å². The molecule has 2 aromatic carbocycles. The number of hydrogen-bond donors (Lipinski definition) is 3. The molecule has 236 valence electrons. The quantitative estimate of drug-likeness (QED) is 0.341. The van der Waals surface area contributed by atoms with Crippen LogP contribution in [0, 0.1) is 0 Å². The van der Waals surface area contributed by atoms with Crippen LogP contribution in [-0.2, 0) is 20.3 Å². The first kappa shape index (κ1) is 30.1. The molecule has 1 spiro atoms. The van der Waals surface area contributed by atoms with Gasteiger partial charge >= 0.3 is 7.60 Å². The monoisotopic (exact) mass is 630 g/mol. The van der Waals surface area contributed by atoms with E-state index < -0.39 is 31.7 Å². The van der Waals surface area contributed by atoms with E-state index in [2.05, 4.69) is 27.3 Å². The lowest BCUT2D eigenvalue weighted by molar-refractivity contribution is -0.148. The molecule has 4 heterocycles. The second-order valence-electron chi connectivity index (χ2n) is 13.4. The van der Waals surface area contributed by atoms with E-state index in [1.165, 1.54) is 11.8 Å². The molecule has 4 fully saturated rings. The van der Waals surface area contributed by atoms with Crippen molar-refractivity contribution in [1.29, 1.82) is 0 Å². The highest BCUT2D eigenvalue weighted by molar-refractivity contribution is 7.50. The van der Waals surface area contributed by atoms with E-state index in [1.54, 1.807) is 24.3 Å². The van der Waals surface area contributed by atoms with Crippen LogP contribution in [0.4, 0.5) is 0 Å². The molecule has 3 aromatic rings. The number of carbonyl (C=O) groups excluding carboxylic acids is 3. The molecule has 7 rings (SSSR count). The Morgan fingerprint density at radius 3 is 2.53 bits per heavy atom. The Morgan fingerprint density at radius 2 is 1.78 bits per heavy atom. The predicted octanol–water partition coefficient (Wildman–Crippen LogP) is 4.49. The van der Waals surface area contributed by atoms with Crippen LogP contribution in [0.1, 0.15) is 85.2 Å². The Balaban J connectivity index is 1.09. The molecule has 3 amide bonds. The Bertz CT molecular complexity index is 1690. The van der Waals surface area contributed by atoms with E-state index in [9.17, 15) is 28.7 Å². The van der Waals surface area contributed by atoms with Crippen LogP contribution in [0.25, 0.3) is 10.9 Å². The number of nitrogens with one attached hydrogen (secondary N) is 1. The maximum absolute atomic E-state index is 14.3. The molecule has 0 bridgehead atoms. The van der Waals surface area contributed by atoms with E-state index in [0.717, 1.165) is 44.9 Å². The van der Waals surface area contributed by atoms with E-state index in [1.807, 2.05) is 23.1 Å². The summed E-state index contributed by atoms with van der Waals surface area (Å²) < 4.78 is 11.5. The lowest BCUT2D eigenvalue weighted by atomic mass is 9.96. The Hall–Kier alpha value is -3.59. The minimum Gasteiger partial charge on any atom is -0.340 e. The summed E-state index contributed by atoms with van der Waals surface area (Å²) in [7, 11) is -4.25. The summed E-state index contributed by atoms with van der Waals surface area (Å²) in [5.74, 6) is -0.277. The van der Waals surface area contributed by atoms with Gasteiger partial charge in [-0.3, -0.25) is 23.9 Å². The van der Waals surface area contributed by atoms with Gasteiger partial charge in [0.1, 0.15) is 12.1 Å². The molecule has 4 atom stereocenters. The van der Waals surface area contributed by atoms with Gasteiger partial charge in [-0.1, -0.05) is 49.2 Å². The summed E-state index contributed by atoms with van der Waals surface area (Å²) in [5, 5.41) is 3.53. The second kappa shape index (κ2) is 11.6. The number of fused-ring (bicyclic) bond motifs is 2. The van der Waals surface area contributed by atoms with Crippen LogP contribution >= 0.6 is 7.60 Å². The first-order valence-corrected chi connectivity index (χ1v) is 17.8. The number of hydrogen-bond acceptors (Lipinski definition) is 5. The molecule has 3 saturated heterocycles. The number of aromatic nitrogens is 1. The Labute approximate surface area is 262 Å². The van der Waals surface area contributed by atoms with E-state index in [0.29, 0.717) is 41.8 Å². The predicted molar refractivity (Wildman–Crippen MR) is 168 cm³/mol. The average Bonchev–Trinajstić information content (AvgIpc) is 3.50. The largest absolute Gasteiger partial charge is 0.340 e. The first-order valence-electron chi connectivity index (χ1n) is 16.0. The van der Waals surface area contributed by atoms with Crippen molar-refractivity contribution in [3.63, 3.8) is 0 Å². The molecule has 0 radical (unpaired) electrons. The zero-order valence-corrected chi connectivity index (χ0v) is 26.1. The van der Waals surface area contributed by atoms with Crippen molar-refractivity contribution in [1.82, 2.24) is 20.1 Å². The highest BCUT2D eigenvalue weighted by atomic mass is 31.2. The van der Waals surface area contributed by atoms with Gasteiger partial charge in [-0.05, 0) is 74.3 Å². The topological polar surface area (TPSA) is 140 Å². The molecule has 10 nitrogen and oxygen atoms in total. The van der Waals surface area contributed by atoms with Gasteiger partial charge < -0.3 is 24.9 Å². The third-order valence-corrected chi connectivity index (χ3v) is 11.1. The van der Waals surface area contributed by atoms with E-state index in [-0.39, 0.29) is 29.0 Å². The van der Waals surface area contributed by atoms with E-state index in [4.69, 9.17) is 0 Å². The summed E-state index contributed by atoms with van der Waals surface area (Å²) >= 11 is 0. The molecule has 11 heteroatoms. The third kappa shape index (κ3) is 6.03. The minimum absolute atomic E-state index is 0.0105. The molecular formula is C34H39N4O6P. The average molecular weight is 631 g/mol. The van der Waals surface area contributed by atoms with Gasteiger partial charge in [0.15, 0.2) is 0 Å². The van der Waals surface area contributed by atoms with E-state index >= 15 is 0 Å². The molecule has 1 aromatic heterocycles. The van der Waals surface area contributed by atoms with Crippen LogP contribution in [0.2, 0.25) is 0 Å². The number of rotatable bonds is 6. The summed E-state index contributed by atoms with van der Waals surface area (Å²) in [5.41, 5.74) is 2.46. The Kier molecular flexibility index (Phi) is 7.79. The van der Waals surface area contributed by atoms with Gasteiger partial charge in [-0.2, -0.15) is 0 Å². The fraction of sp³-hybridized carbons (Fsp3) is 0.471. The van der Waals surface area contributed by atoms with Gasteiger partial charge in [0, 0.05) is 35.6 Å². The maximum atomic E-state index is 14.3. The van der Waals surface area contributed by atoms with Crippen molar-refractivity contribution in [3.8, 4) is 0 Å². The number of likely N-dealkylation sites (tertiary alicyclic amines) is 1. The van der Waals surface area contributed by atoms with Gasteiger partial charge in [0.05, 0.1) is 17.2 Å². The summed E-state index contributed by atoms with van der Waals surface area (Å²) in [6, 6.07) is 15.6. The smallest absolute Gasteiger partial charge is 0.329 e. The molecular weight excluding hydrogens is 591 g/mol. The van der Waals surface area contributed by atoms with Crippen LogP contribution in [-0.4, -0.2) is 72.5 Å². The van der Waals surface area contributed by atoms with Gasteiger partial charge in [0.25, 0.3) is 5.91 Å². The lowest BCUT2D eigenvalue weighted by Gasteiger charge is -2.37. The highest BCUT2D eigenvalue weighted by Gasteiger charge is 2.58. The van der Waals surface area contributed by atoms with Crippen LogP contribution in [0.3, 0.4) is 0 Å². The SMILES string of the molecule is O=C(N[C@H]1CCCC[C@H]2CC[C@@H](C(=O)N3CC(c4ccccc4)CC34CC4)N2C1=O)c1cnc2ccc(CP(=O)(O)O)cc2c1. The van der Waals surface area contributed by atoms with Crippen molar-refractivity contribution in [2.24, 2.45) is 0 Å². The standard InChI is InChI=1S/C34H39N4O6P/c39-31(25-17-24-16-22(21-45(42,43)44)10-12-28(24)35-19-25)36-29-9-5-4-8-27-11-13-30(38(27)32(29)40)33(41)37-20-26(18-34(37)14-15-34)23-6-2-1-3-7-23/h1-3,6-7,10,12,16-17,19,26-27,29-30H,4-5,8-9,11,13-15,18,20-21H2,(H,36,39)(H2,42,43,44)/t26?,27-,29-,30-/m0/s1. The molecule has 1 unspecified atom stereocenters. The normalized spacial score (nSPS) is 26.0. The molecule has 4 aliphatic rings. The first-order chi connectivity index (χ1) is 21.6. The molecule has 1 aliphatic carbocycles. The number of pyridine rings is 1. The number of amides is 3. The molecule has 45 heavy (non-hydrogen) atoms. The zero-order valence-electron chi connectivity index (χ0n) is 25.2. The minimum atomic E-state index is -4.25. The number of benzene rings is 2. The lowest BCUT2D eigenvalue weighted by Crippen LogP contribution is -2.57. The highest BCUT2D eigenvalue weighted by Crippen LogP contribution is 2.54. The fourth-order valence-corrected chi connectivity index (χ4v) is 8.58. The van der Waals surface area contributed by atoms with Crippen molar-refractivity contribution in [2.75, 3.05) is 6.54 Å². The third-order valence-electron chi connectivity index (χ3n) is 10.3. The van der Waals surface area contributed by atoms with Gasteiger partial charge in [-0.15, -0.1) is 0 Å². The molecule has 1 saturated carbocycles. The number of carbonyl (C=O) groups is 3. The van der Waals surface area contributed by atoms with Gasteiger partial charge in [0.2, 0.25) is 11.8 Å². The zero-order chi connectivity index (χ0) is 31.3. The summed E-state index contributed by atoms with van der Waals surface area (Å²) in [6.45, 7) is 0.678.